The highest BCUT2D eigenvalue weighted by molar-refractivity contribution is 5.67. The lowest BCUT2D eigenvalue weighted by Crippen LogP contribution is -2.05. The molecule has 0 bridgehead atoms. The van der Waals surface area contributed by atoms with Crippen molar-refractivity contribution in [3.63, 3.8) is 0 Å². The molecule has 2 N–H and O–H groups in total. The first kappa shape index (κ1) is 16.7. The molecule has 2 aromatic heterocycles. The van der Waals surface area contributed by atoms with Gasteiger partial charge in [0, 0.05) is 36.8 Å². The summed E-state index contributed by atoms with van der Waals surface area (Å²) in [7, 11) is 1.69. The zero-order chi connectivity index (χ0) is 17.9. The van der Waals surface area contributed by atoms with E-state index in [0.717, 1.165) is 17.7 Å². The second kappa shape index (κ2) is 6.76. The average molecular weight is 345 g/mol. The van der Waals surface area contributed by atoms with E-state index in [1.54, 1.807) is 25.5 Å². The lowest BCUT2D eigenvalue weighted by Gasteiger charge is -2.11. The fraction of sp³-hybridized carbons (Fsp3) is 0.118. The molecule has 0 fully saturated rings. The minimum absolute atomic E-state index is 0.392. The summed E-state index contributed by atoms with van der Waals surface area (Å²) in [4.78, 5) is 12.6. The van der Waals surface area contributed by atoms with E-state index in [0.29, 0.717) is 23.1 Å². The number of nitrogens with zero attached hydrogens (tertiary/aromatic N) is 3. The predicted molar refractivity (Wildman–Crippen MR) is 89.5 cm³/mol. The third kappa shape index (κ3) is 4.03. The van der Waals surface area contributed by atoms with Crippen molar-refractivity contribution in [1.29, 1.82) is 0 Å². The van der Waals surface area contributed by atoms with E-state index in [9.17, 15) is 13.2 Å². The number of anilines is 3. The summed E-state index contributed by atoms with van der Waals surface area (Å²) in [6.45, 7) is 0. The Hall–Kier alpha value is -3.16. The Morgan fingerprint density at radius 1 is 0.920 bits per heavy atom. The number of pyridine rings is 1. The zero-order valence-corrected chi connectivity index (χ0v) is 13.2. The fourth-order valence-corrected chi connectivity index (χ4v) is 2.18. The van der Waals surface area contributed by atoms with Gasteiger partial charge in [0.1, 0.15) is 5.82 Å². The van der Waals surface area contributed by atoms with Gasteiger partial charge in [0.2, 0.25) is 5.95 Å². The maximum absolute atomic E-state index is 12.6. The Balaban J connectivity index is 1.89. The quantitative estimate of drug-likeness (QED) is 0.736. The van der Waals surface area contributed by atoms with Gasteiger partial charge in [-0.05, 0) is 36.4 Å². The topological polar surface area (TPSA) is 62.7 Å². The molecule has 0 aliphatic rings. The summed E-state index contributed by atoms with van der Waals surface area (Å²) >= 11 is 0. The molecule has 0 spiro atoms. The van der Waals surface area contributed by atoms with Crippen molar-refractivity contribution in [3.8, 4) is 11.3 Å². The van der Waals surface area contributed by atoms with Crippen molar-refractivity contribution < 1.29 is 13.2 Å². The number of hydrogen-bond donors (Lipinski definition) is 2. The van der Waals surface area contributed by atoms with Gasteiger partial charge in [-0.15, -0.1) is 0 Å². The number of nitrogens with one attached hydrogen (secondary N) is 2. The van der Waals surface area contributed by atoms with Crippen LogP contribution in [0, 0.1) is 0 Å². The maximum atomic E-state index is 12.6. The van der Waals surface area contributed by atoms with E-state index in [1.165, 1.54) is 12.1 Å². The highest BCUT2D eigenvalue weighted by atomic mass is 19.4. The zero-order valence-electron chi connectivity index (χ0n) is 13.2. The number of aromatic nitrogens is 3. The summed E-state index contributed by atoms with van der Waals surface area (Å²) in [6, 6.07) is 10.1. The minimum Gasteiger partial charge on any atom is -0.357 e. The highest BCUT2D eigenvalue weighted by Crippen LogP contribution is 2.30. The van der Waals surface area contributed by atoms with Crippen LogP contribution in [0.25, 0.3) is 11.3 Å². The predicted octanol–water partition coefficient (Wildman–Crippen LogP) is 4.34. The molecule has 8 heteroatoms. The number of rotatable bonds is 4. The van der Waals surface area contributed by atoms with Crippen molar-refractivity contribution in [2.75, 3.05) is 17.7 Å². The highest BCUT2D eigenvalue weighted by Gasteiger charge is 2.29. The van der Waals surface area contributed by atoms with Crippen LogP contribution in [0.5, 0.6) is 0 Å². The lowest BCUT2D eigenvalue weighted by atomic mass is 10.2. The van der Waals surface area contributed by atoms with E-state index in [1.807, 2.05) is 12.1 Å². The SMILES string of the molecule is CNc1nc(Nc2ccc(C(F)(F)F)cc2)cc(-c2ccncc2)n1. The van der Waals surface area contributed by atoms with Gasteiger partial charge in [-0.25, -0.2) is 4.98 Å². The largest absolute Gasteiger partial charge is 0.416 e. The first-order chi connectivity index (χ1) is 12.0. The molecule has 128 valence electrons. The van der Waals surface area contributed by atoms with Gasteiger partial charge in [0.25, 0.3) is 0 Å². The second-order valence-corrected chi connectivity index (χ2v) is 5.15. The molecular formula is C17H14F3N5. The molecule has 3 aromatic rings. The summed E-state index contributed by atoms with van der Waals surface area (Å²) < 4.78 is 37.9. The van der Waals surface area contributed by atoms with Crippen LogP contribution >= 0.6 is 0 Å². The van der Waals surface area contributed by atoms with Gasteiger partial charge in [-0.3, -0.25) is 4.98 Å². The van der Waals surface area contributed by atoms with E-state index < -0.39 is 11.7 Å². The summed E-state index contributed by atoms with van der Waals surface area (Å²) in [5, 5.41) is 5.86. The van der Waals surface area contributed by atoms with Crippen LogP contribution in [-0.2, 0) is 6.18 Å². The average Bonchev–Trinajstić information content (AvgIpc) is 2.62. The van der Waals surface area contributed by atoms with E-state index >= 15 is 0 Å². The van der Waals surface area contributed by atoms with Crippen LogP contribution in [0.15, 0.2) is 54.9 Å². The molecule has 0 aliphatic heterocycles. The van der Waals surface area contributed by atoms with Gasteiger partial charge in [-0.1, -0.05) is 0 Å². The molecule has 2 heterocycles. The Kier molecular flexibility index (Phi) is 4.51. The van der Waals surface area contributed by atoms with Crippen molar-refractivity contribution in [1.82, 2.24) is 15.0 Å². The van der Waals surface area contributed by atoms with Gasteiger partial charge >= 0.3 is 6.18 Å². The molecule has 3 rings (SSSR count). The molecular weight excluding hydrogens is 331 g/mol. The molecule has 0 radical (unpaired) electrons. The first-order valence-corrected chi connectivity index (χ1v) is 7.37. The Bertz CT molecular complexity index is 848. The fourth-order valence-electron chi connectivity index (χ4n) is 2.18. The Labute approximate surface area is 142 Å². The van der Waals surface area contributed by atoms with E-state index in [2.05, 4.69) is 25.6 Å². The van der Waals surface area contributed by atoms with Gasteiger partial charge in [0.15, 0.2) is 0 Å². The van der Waals surface area contributed by atoms with Gasteiger partial charge in [0.05, 0.1) is 11.3 Å². The van der Waals surface area contributed by atoms with Crippen molar-refractivity contribution >= 4 is 17.5 Å². The number of hydrogen-bond acceptors (Lipinski definition) is 5. The number of halogens is 3. The Morgan fingerprint density at radius 3 is 2.20 bits per heavy atom. The molecule has 0 aliphatic carbocycles. The van der Waals surface area contributed by atoms with Crippen LogP contribution < -0.4 is 10.6 Å². The van der Waals surface area contributed by atoms with Crippen molar-refractivity contribution in [3.05, 3.63) is 60.4 Å². The van der Waals surface area contributed by atoms with Crippen molar-refractivity contribution in [2.45, 2.75) is 6.18 Å². The molecule has 0 atom stereocenters. The molecule has 0 amide bonds. The van der Waals surface area contributed by atoms with E-state index in [4.69, 9.17) is 0 Å². The van der Waals surface area contributed by atoms with Gasteiger partial charge in [-0.2, -0.15) is 18.2 Å². The third-order valence-electron chi connectivity index (χ3n) is 3.41. The standard InChI is InChI=1S/C17H14F3N5/c1-21-16-24-14(11-6-8-22-9-7-11)10-15(25-16)23-13-4-2-12(3-5-13)17(18,19)20/h2-10H,1H3,(H2,21,23,24,25). The smallest absolute Gasteiger partial charge is 0.357 e. The molecule has 25 heavy (non-hydrogen) atoms. The van der Waals surface area contributed by atoms with Crippen molar-refractivity contribution in [2.24, 2.45) is 0 Å². The summed E-state index contributed by atoms with van der Waals surface area (Å²) in [5.41, 5.74) is 1.31. The van der Waals surface area contributed by atoms with Crippen LogP contribution in [-0.4, -0.2) is 22.0 Å². The van der Waals surface area contributed by atoms with Gasteiger partial charge < -0.3 is 10.6 Å². The van der Waals surface area contributed by atoms with Crippen LogP contribution in [0.1, 0.15) is 5.56 Å². The van der Waals surface area contributed by atoms with E-state index in [-0.39, 0.29) is 0 Å². The van der Waals surface area contributed by atoms with Crippen LogP contribution in [0.4, 0.5) is 30.6 Å². The van der Waals surface area contributed by atoms with Crippen LogP contribution in [0.3, 0.4) is 0 Å². The second-order valence-electron chi connectivity index (χ2n) is 5.15. The summed E-state index contributed by atoms with van der Waals surface area (Å²) in [5.74, 6) is 0.856. The lowest BCUT2D eigenvalue weighted by molar-refractivity contribution is -0.137. The maximum Gasteiger partial charge on any atom is 0.416 e. The molecule has 1 aromatic carbocycles. The molecule has 0 unspecified atom stereocenters. The van der Waals surface area contributed by atoms with Crippen LogP contribution in [0.2, 0.25) is 0 Å². The molecule has 0 saturated carbocycles. The number of alkyl halides is 3. The molecule has 5 nitrogen and oxygen atoms in total. The Morgan fingerprint density at radius 2 is 1.60 bits per heavy atom. The minimum atomic E-state index is -4.36. The monoisotopic (exact) mass is 345 g/mol. The normalized spacial score (nSPS) is 11.2. The summed E-state index contributed by atoms with van der Waals surface area (Å²) in [6.07, 6.45) is -1.06. The third-order valence-corrected chi connectivity index (χ3v) is 3.41. The first-order valence-electron chi connectivity index (χ1n) is 7.37. The number of benzene rings is 1. The molecule has 0 saturated heterocycles.